The Labute approximate surface area is 302 Å². The quantitative estimate of drug-likeness (QED) is 0.0707. The Hall–Kier alpha value is -4.45. The van der Waals surface area contributed by atoms with E-state index in [-0.39, 0.29) is 12.5 Å². The van der Waals surface area contributed by atoms with Gasteiger partial charge in [-0.05, 0) is 41.7 Å². The number of aliphatic hydroxyl groups excluding tert-OH is 1. The van der Waals surface area contributed by atoms with Gasteiger partial charge in [0.05, 0.1) is 39.6 Å². The maximum absolute atomic E-state index is 11.9. The summed E-state index contributed by atoms with van der Waals surface area (Å²) in [4.78, 5) is 11.9. The first kappa shape index (κ1) is 39.3. The molecule has 0 aliphatic rings. The van der Waals surface area contributed by atoms with Gasteiger partial charge in [-0.3, -0.25) is 4.79 Å². The number of carbonyl (C=O) groups excluding carboxylic acids is 1. The lowest BCUT2D eigenvalue weighted by molar-refractivity contribution is -0.121. The molecule has 0 spiro atoms. The molecule has 3 N–H and O–H groups in total. The summed E-state index contributed by atoms with van der Waals surface area (Å²) in [5.41, 5.74) is 3.35. The van der Waals surface area contributed by atoms with Gasteiger partial charge in [-0.1, -0.05) is 91.0 Å². The van der Waals surface area contributed by atoms with E-state index in [1.807, 2.05) is 91.0 Å². The van der Waals surface area contributed by atoms with E-state index in [4.69, 9.17) is 28.4 Å². The molecular formula is C41H52N2O8. The average molecular weight is 701 g/mol. The summed E-state index contributed by atoms with van der Waals surface area (Å²) in [6.45, 7) is 5.15. The zero-order valence-electron chi connectivity index (χ0n) is 29.4. The van der Waals surface area contributed by atoms with E-state index in [0.717, 1.165) is 24.0 Å². The zero-order chi connectivity index (χ0) is 35.6. The molecule has 0 aliphatic carbocycles. The maximum Gasteiger partial charge on any atom is 0.220 e. The molecule has 0 unspecified atom stereocenters. The van der Waals surface area contributed by atoms with Crippen LogP contribution in [0.3, 0.4) is 0 Å². The summed E-state index contributed by atoms with van der Waals surface area (Å²) in [6.07, 6.45) is 1.54. The third-order valence-corrected chi connectivity index (χ3v) is 7.66. The van der Waals surface area contributed by atoms with Crippen molar-refractivity contribution < 1.29 is 38.3 Å². The van der Waals surface area contributed by atoms with Crippen molar-refractivity contribution >= 4 is 5.91 Å². The highest BCUT2D eigenvalue weighted by Crippen LogP contribution is 2.33. The van der Waals surface area contributed by atoms with E-state index < -0.39 is 6.10 Å². The minimum Gasteiger partial charge on any atom is -0.491 e. The Kier molecular flexibility index (Phi) is 19.0. The first-order valence-corrected chi connectivity index (χ1v) is 17.7. The van der Waals surface area contributed by atoms with Gasteiger partial charge in [-0.2, -0.15) is 0 Å². The lowest BCUT2D eigenvalue weighted by atomic mass is 10.1. The van der Waals surface area contributed by atoms with Crippen molar-refractivity contribution in [2.24, 2.45) is 0 Å². The minimum absolute atomic E-state index is 0.0478. The van der Waals surface area contributed by atoms with Gasteiger partial charge in [0, 0.05) is 32.1 Å². The molecule has 4 rings (SSSR count). The first-order valence-electron chi connectivity index (χ1n) is 17.7. The Bertz CT molecular complexity index is 1480. The first-order chi connectivity index (χ1) is 25.2. The van der Waals surface area contributed by atoms with Crippen LogP contribution >= 0.6 is 0 Å². The van der Waals surface area contributed by atoms with Crippen LogP contribution in [0.4, 0.5) is 0 Å². The second-order valence-electron chi connectivity index (χ2n) is 11.9. The molecule has 0 heterocycles. The lowest BCUT2D eigenvalue weighted by Gasteiger charge is -2.17. The number of hydrogen-bond acceptors (Lipinski definition) is 9. The SMILES string of the molecule is O=C(CCCc1ccccc1)NCCOCCOCCOCCNC[C@@H](O)COc1ccc(OCc2ccccc2)c(OCc2ccccc2)c1. The Morgan fingerprint density at radius 1 is 0.608 bits per heavy atom. The molecule has 0 radical (unpaired) electrons. The Morgan fingerprint density at radius 2 is 1.16 bits per heavy atom. The highest BCUT2D eigenvalue weighted by molar-refractivity contribution is 5.75. The molecule has 0 saturated heterocycles. The number of hydrogen-bond donors (Lipinski definition) is 3. The van der Waals surface area contributed by atoms with Crippen LogP contribution in [-0.2, 0) is 38.6 Å². The predicted octanol–water partition coefficient (Wildman–Crippen LogP) is 5.36. The molecule has 0 fully saturated rings. The van der Waals surface area contributed by atoms with Crippen LogP contribution in [0.25, 0.3) is 0 Å². The monoisotopic (exact) mass is 700 g/mol. The van der Waals surface area contributed by atoms with E-state index in [1.54, 1.807) is 6.07 Å². The second-order valence-corrected chi connectivity index (χ2v) is 11.9. The summed E-state index contributed by atoms with van der Waals surface area (Å²) < 4.78 is 34.7. The van der Waals surface area contributed by atoms with E-state index in [9.17, 15) is 9.90 Å². The van der Waals surface area contributed by atoms with Gasteiger partial charge in [0.2, 0.25) is 5.91 Å². The number of ether oxygens (including phenoxy) is 6. The smallest absolute Gasteiger partial charge is 0.220 e. The van der Waals surface area contributed by atoms with E-state index >= 15 is 0 Å². The van der Waals surface area contributed by atoms with Crippen molar-refractivity contribution in [3.63, 3.8) is 0 Å². The molecule has 4 aromatic rings. The van der Waals surface area contributed by atoms with Crippen molar-refractivity contribution in [1.29, 1.82) is 0 Å². The minimum atomic E-state index is -0.705. The molecule has 1 atom stereocenters. The molecule has 0 aliphatic heterocycles. The number of rotatable bonds is 27. The van der Waals surface area contributed by atoms with Gasteiger partial charge in [0.25, 0.3) is 0 Å². The van der Waals surface area contributed by atoms with Gasteiger partial charge >= 0.3 is 0 Å². The van der Waals surface area contributed by atoms with Gasteiger partial charge in [0.1, 0.15) is 31.7 Å². The number of benzene rings is 4. The predicted molar refractivity (Wildman–Crippen MR) is 197 cm³/mol. The van der Waals surface area contributed by atoms with Crippen molar-refractivity contribution in [3.8, 4) is 17.2 Å². The number of amides is 1. The fourth-order valence-corrected chi connectivity index (χ4v) is 4.94. The fourth-order valence-electron chi connectivity index (χ4n) is 4.94. The van der Waals surface area contributed by atoms with Gasteiger partial charge in [-0.15, -0.1) is 0 Å². The van der Waals surface area contributed by atoms with E-state index in [2.05, 4.69) is 22.8 Å². The molecule has 10 heteroatoms. The topological polar surface area (TPSA) is 117 Å². The summed E-state index contributed by atoms with van der Waals surface area (Å²) in [7, 11) is 0. The molecule has 10 nitrogen and oxygen atoms in total. The molecule has 0 aromatic heterocycles. The molecule has 274 valence electrons. The fraction of sp³-hybridized carbons (Fsp3) is 0.390. The molecule has 0 bridgehead atoms. The van der Waals surface area contributed by atoms with Crippen LogP contribution < -0.4 is 24.8 Å². The molecule has 51 heavy (non-hydrogen) atoms. The Balaban J connectivity index is 0.986. The van der Waals surface area contributed by atoms with Crippen LogP contribution in [0, 0.1) is 0 Å². The molecule has 1 amide bonds. The van der Waals surface area contributed by atoms with Crippen molar-refractivity contribution in [2.45, 2.75) is 38.6 Å². The van der Waals surface area contributed by atoms with Crippen molar-refractivity contribution in [1.82, 2.24) is 10.6 Å². The summed E-state index contributed by atoms with van der Waals surface area (Å²) in [6, 6.07) is 35.5. The summed E-state index contributed by atoms with van der Waals surface area (Å²) >= 11 is 0. The largest absolute Gasteiger partial charge is 0.491 e. The van der Waals surface area contributed by atoms with Crippen LogP contribution in [0.1, 0.15) is 29.5 Å². The van der Waals surface area contributed by atoms with Crippen LogP contribution in [0.2, 0.25) is 0 Å². The standard InChI is InChI=1S/C41H52N2O8/c44-37(30-42-21-23-46-25-27-48-28-26-47-24-22-43-41(45)18-10-17-34-11-4-1-5-12-34)33-49-38-19-20-39(50-31-35-13-6-2-7-14-35)40(29-38)51-32-36-15-8-3-9-16-36/h1-9,11-16,19-20,29,37,42,44H,10,17-18,21-28,30-33H2,(H,43,45)/t37-/m1/s1. The molecule has 4 aromatic carbocycles. The second kappa shape index (κ2) is 24.7. The highest BCUT2D eigenvalue weighted by Gasteiger charge is 2.11. The maximum atomic E-state index is 11.9. The summed E-state index contributed by atoms with van der Waals surface area (Å²) in [5.74, 6) is 1.81. The Morgan fingerprint density at radius 3 is 1.78 bits per heavy atom. The molecular weight excluding hydrogens is 648 g/mol. The van der Waals surface area contributed by atoms with Crippen LogP contribution in [0.15, 0.2) is 109 Å². The van der Waals surface area contributed by atoms with Gasteiger partial charge in [0.15, 0.2) is 11.5 Å². The van der Waals surface area contributed by atoms with Crippen molar-refractivity contribution in [3.05, 3.63) is 126 Å². The van der Waals surface area contributed by atoms with Crippen LogP contribution in [0.5, 0.6) is 17.2 Å². The summed E-state index contributed by atoms with van der Waals surface area (Å²) in [5, 5.41) is 16.5. The van der Waals surface area contributed by atoms with Gasteiger partial charge < -0.3 is 44.2 Å². The third-order valence-electron chi connectivity index (χ3n) is 7.66. The van der Waals surface area contributed by atoms with Crippen LogP contribution in [-0.4, -0.2) is 83.0 Å². The highest BCUT2D eigenvalue weighted by atomic mass is 16.5. The van der Waals surface area contributed by atoms with E-state index in [0.29, 0.717) is 96.2 Å². The number of nitrogens with one attached hydrogen (secondary N) is 2. The lowest BCUT2D eigenvalue weighted by Crippen LogP contribution is -2.33. The average Bonchev–Trinajstić information content (AvgIpc) is 3.17. The number of aliphatic hydroxyl groups is 1. The normalized spacial score (nSPS) is 11.5. The molecule has 0 saturated carbocycles. The number of carbonyl (C=O) groups is 1. The zero-order valence-corrected chi connectivity index (χ0v) is 29.4. The van der Waals surface area contributed by atoms with E-state index in [1.165, 1.54) is 5.56 Å². The third kappa shape index (κ3) is 17.4. The van der Waals surface area contributed by atoms with Crippen molar-refractivity contribution in [2.75, 3.05) is 65.9 Å². The number of aryl methyl sites for hydroxylation is 1. The van der Waals surface area contributed by atoms with Gasteiger partial charge in [-0.25, -0.2) is 0 Å².